The highest BCUT2D eigenvalue weighted by Crippen LogP contribution is 2.07. The first kappa shape index (κ1) is 11.8. The van der Waals surface area contributed by atoms with E-state index in [-0.39, 0.29) is 13.2 Å². The van der Waals surface area contributed by atoms with Crippen molar-refractivity contribution in [2.24, 2.45) is 0 Å². The van der Waals surface area contributed by atoms with Gasteiger partial charge in [-0.1, -0.05) is 0 Å². The smallest absolute Gasteiger partial charge is 0.294 e. The van der Waals surface area contributed by atoms with Gasteiger partial charge in [0, 0.05) is 0 Å². The van der Waals surface area contributed by atoms with Crippen molar-refractivity contribution in [1.82, 2.24) is 0 Å². The quantitative estimate of drug-likeness (QED) is 0.436. The summed E-state index contributed by atoms with van der Waals surface area (Å²) < 4.78 is 0. The average molecular weight is 212 g/mol. The van der Waals surface area contributed by atoms with Gasteiger partial charge in [0.15, 0.2) is 0 Å². The monoisotopic (exact) mass is 212 g/mol. The second-order valence-electron chi connectivity index (χ2n) is 1.90. The highest BCUT2D eigenvalue weighted by atomic mass is 32.2. The van der Waals surface area contributed by atoms with Crippen LogP contribution in [0.25, 0.3) is 0 Å². The van der Waals surface area contributed by atoms with Crippen molar-refractivity contribution < 1.29 is 19.8 Å². The van der Waals surface area contributed by atoms with Gasteiger partial charge in [-0.2, -0.15) is 11.8 Å². The lowest BCUT2D eigenvalue weighted by molar-refractivity contribution is -0.765. The molecule has 0 saturated carbocycles. The number of rotatable bonds is 7. The Morgan fingerprint density at radius 2 is 1.62 bits per heavy atom. The highest BCUT2D eigenvalue weighted by molar-refractivity contribution is 7.99. The second-order valence-corrected chi connectivity index (χ2v) is 3.03. The van der Waals surface area contributed by atoms with Gasteiger partial charge in [0.25, 0.3) is 10.2 Å². The van der Waals surface area contributed by atoms with E-state index in [1.165, 1.54) is 11.8 Å². The van der Waals surface area contributed by atoms with Gasteiger partial charge >= 0.3 is 0 Å². The van der Waals surface area contributed by atoms with Crippen LogP contribution in [0.5, 0.6) is 0 Å². The maximum absolute atomic E-state index is 9.76. The van der Waals surface area contributed by atoms with Gasteiger partial charge in [-0.15, -0.1) is 20.2 Å². The van der Waals surface area contributed by atoms with Crippen LogP contribution in [0.4, 0.5) is 0 Å². The Labute approximate surface area is 77.4 Å². The minimum atomic E-state index is -0.949. The average Bonchev–Trinajstić information content (AvgIpc) is 2.04. The van der Waals surface area contributed by atoms with Gasteiger partial charge in [-0.3, -0.25) is 0 Å². The normalized spacial score (nSPS) is 9.69. The minimum Gasteiger partial charge on any atom is -0.313 e. The molecule has 0 atom stereocenters. The largest absolute Gasteiger partial charge is 0.313 e. The third kappa shape index (κ3) is 7.12. The van der Waals surface area contributed by atoms with Crippen LogP contribution in [0, 0.1) is 20.2 Å². The van der Waals surface area contributed by atoms with Gasteiger partial charge in [0.2, 0.25) is 0 Å². The van der Waals surface area contributed by atoms with Crippen LogP contribution in [0.1, 0.15) is 0 Å². The fraction of sp³-hybridized carbons (Fsp3) is 1.00. The van der Waals surface area contributed by atoms with Crippen LogP contribution >= 0.6 is 11.8 Å². The molecule has 0 aliphatic rings. The SMILES string of the molecule is CSC(CO[N+](=O)[O-])CO[N+](=O)[O-]. The summed E-state index contributed by atoms with van der Waals surface area (Å²) in [7, 11) is 0. The fourth-order valence-electron chi connectivity index (χ4n) is 0.472. The molecule has 0 N–H and O–H groups in total. The summed E-state index contributed by atoms with van der Waals surface area (Å²) in [5, 5.41) is 17.2. The van der Waals surface area contributed by atoms with Gasteiger partial charge in [0.05, 0.1) is 5.25 Å². The molecule has 76 valence electrons. The molecule has 0 unspecified atom stereocenters. The summed E-state index contributed by atoms with van der Waals surface area (Å²) >= 11 is 1.19. The number of thioether (sulfide) groups is 1. The Kier molecular flexibility index (Phi) is 5.68. The van der Waals surface area contributed by atoms with E-state index in [0.29, 0.717) is 0 Å². The molecule has 0 radical (unpaired) electrons. The van der Waals surface area contributed by atoms with E-state index in [0.717, 1.165) is 0 Å². The molecule has 0 aromatic rings. The summed E-state index contributed by atoms with van der Waals surface area (Å²) in [6, 6.07) is 0. The summed E-state index contributed by atoms with van der Waals surface area (Å²) in [5.74, 6) is 0. The molecule has 0 spiro atoms. The number of nitrogens with zero attached hydrogens (tertiary/aromatic N) is 2. The molecule has 0 aromatic heterocycles. The fourth-order valence-corrected chi connectivity index (χ4v) is 0.866. The predicted molar refractivity (Wildman–Crippen MR) is 43.2 cm³/mol. The van der Waals surface area contributed by atoms with E-state index in [4.69, 9.17) is 0 Å². The molecule has 13 heavy (non-hydrogen) atoms. The Hall–Kier alpha value is -1.25. The maximum Gasteiger partial charge on any atom is 0.294 e. The zero-order chi connectivity index (χ0) is 10.3. The van der Waals surface area contributed by atoms with Crippen molar-refractivity contribution in [3.05, 3.63) is 20.2 Å². The Bertz CT molecular complexity index is 169. The van der Waals surface area contributed by atoms with E-state index in [2.05, 4.69) is 9.68 Å². The van der Waals surface area contributed by atoms with E-state index >= 15 is 0 Å². The standard InChI is InChI=1S/C4H8N2O6S/c1-13-4(2-11-5(7)8)3-12-6(9)10/h4H,2-3H2,1H3. The Balaban J connectivity index is 3.63. The maximum atomic E-state index is 9.76. The van der Waals surface area contributed by atoms with Gasteiger partial charge < -0.3 is 9.68 Å². The number of hydrogen-bond donors (Lipinski definition) is 0. The number of hydrogen-bond acceptors (Lipinski definition) is 7. The van der Waals surface area contributed by atoms with Crippen LogP contribution in [0.2, 0.25) is 0 Å². The van der Waals surface area contributed by atoms with Crippen molar-refractivity contribution in [3.8, 4) is 0 Å². The third-order valence-electron chi connectivity index (χ3n) is 1.07. The molecule has 0 fully saturated rings. The molecule has 0 aliphatic carbocycles. The molecule has 0 amide bonds. The third-order valence-corrected chi connectivity index (χ3v) is 2.00. The summed E-state index contributed by atoms with van der Waals surface area (Å²) in [5.41, 5.74) is 0. The van der Waals surface area contributed by atoms with Gasteiger partial charge in [-0.05, 0) is 6.26 Å². The van der Waals surface area contributed by atoms with Crippen molar-refractivity contribution in [3.63, 3.8) is 0 Å². The van der Waals surface area contributed by atoms with Crippen molar-refractivity contribution in [2.45, 2.75) is 5.25 Å². The van der Waals surface area contributed by atoms with Crippen LogP contribution in [-0.2, 0) is 9.68 Å². The molecular weight excluding hydrogens is 204 g/mol. The van der Waals surface area contributed by atoms with Gasteiger partial charge in [-0.25, -0.2) is 0 Å². The molecule has 9 heteroatoms. The molecule has 8 nitrogen and oxygen atoms in total. The zero-order valence-electron chi connectivity index (χ0n) is 6.74. The molecule has 0 aliphatic heterocycles. The lowest BCUT2D eigenvalue weighted by Gasteiger charge is -2.10. The van der Waals surface area contributed by atoms with E-state index in [1.807, 2.05) is 0 Å². The topological polar surface area (TPSA) is 105 Å². The summed E-state index contributed by atoms with van der Waals surface area (Å²) in [6.07, 6.45) is 1.65. The first-order valence-electron chi connectivity index (χ1n) is 3.13. The van der Waals surface area contributed by atoms with Crippen LogP contribution in [-0.4, -0.2) is 34.9 Å². The molecule has 0 saturated heterocycles. The van der Waals surface area contributed by atoms with Crippen molar-refractivity contribution in [2.75, 3.05) is 19.5 Å². The predicted octanol–water partition coefficient (Wildman–Crippen LogP) is 0.135. The van der Waals surface area contributed by atoms with Crippen LogP contribution in [0.3, 0.4) is 0 Å². The molecule has 0 bridgehead atoms. The molecule has 0 rings (SSSR count). The van der Waals surface area contributed by atoms with Gasteiger partial charge in [0.1, 0.15) is 13.2 Å². The van der Waals surface area contributed by atoms with Crippen molar-refractivity contribution >= 4 is 11.8 Å². The minimum absolute atomic E-state index is 0.220. The first-order valence-corrected chi connectivity index (χ1v) is 4.42. The first-order chi connectivity index (χ1) is 6.06. The second kappa shape index (κ2) is 6.29. The summed E-state index contributed by atoms with van der Waals surface area (Å²) in [4.78, 5) is 27.6. The lowest BCUT2D eigenvalue weighted by atomic mass is 10.5. The molecule has 0 aromatic carbocycles. The Morgan fingerprint density at radius 3 is 1.85 bits per heavy atom. The van der Waals surface area contributed by atoms with E-state index < -0.39 is 15.4 Å². The molecule has 0 heterocycles. The lowest BCUT2D eigenvalue weighted by Crippen LogP contribution is -2.22. The Morgan fingerprint density at radius 1 is 1.23 bits per heavy atom. The van der Waals surface area contributed by atoms with Crippen molar-refractivity contribution in [1.29, 1.82) is 0 Å². The highest BCUT2D eigenvalue weighted by Gasteiger charge is 2.11. The van der Waals surface area contributed by atoms with E-state index in [9.17, 15) is 20.2 Å². The summed E-state index contributed by atoms with van der Waals surface area (Å²) in [6.45, 7) is -0.440. The van der Waals surface area contributed by atoms with Crippen LogP contribution in [0.15, 0.2) is 0 Å². The van der Waals surface area contributed by atoms with Crippen LogP contribution < -0.4 is 0 Å². The van der Waals surface area contributed by atoms with E-state index in [1.54, 1.807) is 6.26 Å². The zero-order valence-corrected chi connectivity index (χ0v) is 7.56. The molecular formula is C4H8N2O6S.